The molecule has 2 aliphatic rings. The molecule has 0 saturated heterocycles. The first-order valence-corrected chi connectivity index (χ1v) is 11.1. The average molecular weight is 428 g/mol. The predicted molar refractivity (Wildman–Crippen MR) is 116 cm³/mol. The number of thiophene rings is 1. The Morgan fingerprint density at radius 2 is 1.90 bits per heavy atom. The lowest BCUT2D eigenvalue weighted by atomic mass is 9.78. The van der Waals surface area contributed by atoms with Gasteiger partial charge in [0.05, 0.1) is 15.9 Å². The van der Waals surface area contributed by atoms with Crippen LogP contribution < -0.4 is 11.1 Å². The summed E-state index contributed by atoms with van der Waals surface area (Å²) in [5.74, 6) is -0.127. The summed E-state index contributed by atoms with van der Waals surface area (Å²) in [5, 5.41) is 14.6. The first-order valence-electron chi connectivity index (χ1n) is 10.3. The molecular weight excluding hydrogens is 402 g/mol. The molecule has 8 heteroatoms. The van der Waals surface area contributed by atoms with Gasteiger partial charge in [0.1, 0.15) is 5.00 Å². The van der Waals surface area contributed by atoms with E-state index in [0.29, 0.717) is 29.3 Å². The van der Waals surface area contributed by atoms with Crippen molar-refractivity contribution in [3.05, 3.63) is 55.9 Å². The third-order valence-electron chi connectivity index (χ3n) is 6.51. The Balaban J connectivity index is 1.68. The van der Waals surface area contributed by atoms with Crippen molar-refractivity contribution in [2.24, 2.45) is 11.7 Å². The molecule has 1 aromatic carbocycles. The van der Waals surface area contributed by atoms with Gasteiger partial charge < -0.3 is 11.1 Å². The van der Waals surface area contributed by atoms with Crippen LogP contribution in [0.15, 0.2) is 24.3 Å². The van der Waals surface area contributed by atoms with Crippen LogP contribution in [0.1, 0.15) is 65.4 Å². The number of non-ortho nitro benzene ring substituents is 1. The first-order chi connectivity index (χ1) is 14.3. The molecule has 0 spiro atoms. The van der Waals surface area contributed by atoms with Crippen molar-refractivity contribution < 1.29 is 14.5 Å². The highest BCUT2D eigenvalue weighted by atomic mass is 32.1. The Labute approximate surface area is 178 Å². The maximum Gasteiger partial charge on any atom is 0.269 e. The SMILES string of the molecule is C[C@H]1CCc2c(sc(NC(=O)C3(c4ccc([N+](=O)[O-])cc4)CCCC3)c2C(N)=O)C1. The van der Waals surface area contributed by atoms with Crippen molar-refractivity contribution >= 4 is 33.8 Å². The Morgan fingerprint density at radius 1 is 1.23 bits per heavy atom. The molecule has 30 heavy (non-hydrogen) atoms. The third kappa shape index (κ3) is 3.49. The van der Waals surface area contributed by atoms with Crippen LogP contribution >= 0.6 is 11.3 Å². The van der Waals surface area contributed by atoms with Gasteiger partial charge in [0, 0.05) is 17.0 Å². The average Bonchev–Trinajstić information content (AvgIpc) is 3.33. The predicted octanol–water partition coefficient (Wildman–Crippen LogP) is 4.33. The van der Waals surface area contributed by atoms with Crippen LogP contribution in [0, 0.1) is 16.0 Å². The van der Waals surface area contributed by atoms with Gasteiger partial charge in [-0.2, -0.15) is 0 Å². The number of nitro groups is 1. The van der Waals surface area contributed by atoms with E-state index in [2.05, 4.69) is 12.2 Å². The molecular formula is C22H25N3O4S. The molecule has 1 heterocycles. The normalized spacial score (nSPS) is 19.8. The molecule has 158 valence electrons. The van der Waals surface area contributed by atoms with E-state index < -0.39 is 16.2 Å². The largest absolute Gasteiger partial charge is 0.365 e. The molecule has 3 N–H and O–H groups in total. The second-order valence-electron chi connectivity index (χ2n) is 8.47. The fourth-order valence-electron chi connectivity index (χ4n) is 4.85. The molecule has 2 aromatic rings. The Hall–Kier alpha value is -2.74. The van der Waals surface area contributed by atoms with Crippen molar-refractivity contribution in [1.29, 1.82) is 0 Å². The van der Waals surface area contributed by atoms with E-state index in [0.717, 1.165) is 48.1 Å². The number of rotatable bonds is 5. The van der Waals surface area contributed by atoms with Crippen molar-refractivity contribution in [2.75, 3.05) is 5.32 Å². The molecule has 0 bridgehead atoms. The zero-order valence-corrected chi connectivity index (χ0v) is 17.7. The highest BCUT2D eigenvalue weighted by Crippen LogP contribution is 2.44. The summed E-state index contributed by atoms with van der Waals surface area (Å²) in [6, 6.07) is 6.25. The molecule has 1 aromatic heterocycles. The number of nitrogens with two attached hydrogens (primary N) is 1. The van der Waals surface area contributed by atoms with Crippen LogP contribution in [-0.2, 0) is 23.1 Å². The van der Waals surface area contributed by atoms with Crippen LogP contribution in [0.2, 0.25) is 0 Å². The maximum atomic E-state index is 13.5. The minimum absolute atomic E-state index is 0.00312. The molecule has 1 saturated carbocycles. The number of nitrogens with zero attached hydrogens (tertiary/aromatic N) is 1. The number of carbonyl (C=O) groups is 2. The zero-order valence-electron chi connectivity index (χ0n) is 16.9. The summed E-state index contributed by atoms with van der Waals surface area (Å²) in [4.78, 5) is 37.4. The number of primary amides is 1. The molecule has 7 nitrogen and oxygen atoms in total. The van der Waals surface area contributed by atoms with Crippen molar-refractivity contribution in [3.63, 3.8) is 0 Å². The van der Waals surface area contributed by atoms with E-state index in [4.69, 9.17) is 5.73 Å². The number of fused-ring (bicyclic) bond motifs is 1. The van der Waals surface area contributed by atoms with Gasteiger partial charge in [-0.25, -0.2) is 0 Å². The third-order valence-corrected chi connectivity index (χ3v) is 7.68. The lowest BCUT2D eigenvalue weighted by Gasteiger charge is -2.28. The lowest BCUT2D eigenvalue weighted by Crippen LogP contribution is -2.38. The van der Waals surface area contributed by atoms with Crippen LogP contribution in [0.25, 0.3) is 0 Å². The Bertz CT molecular complexity index is 1010. The summed E-state index contributed by atoms with van der Waals surface area (Å²) in [6.07, 6.45) is 5.86. The second kappa shape index (κ2) is 7.83. The Morgan fingerprint density at radius 3 is 2.50 bits per heavy atom. The molecule has 4 rings (SSSR count). The van der Waals surface area contributed by atoms with Gasteiger partial charge in [0.25, 0.3) is 11.6 Å². The number of anilines is 1. The summed E-state index contributed by atoms with van der Waals surface area (Å²) < 4.78 is 0. The number of hydrogen-bond donors (Lipinski definition) is 2. The van der Waals surface area contributed by atoms with Gasteiger partial charge >= 0.3 is 0 Å². The van der Waals surface area contributed by atoms with Crippen LogP contribution in [0.4, 0.5) is 10.7 Å². The molecule has 2 amide bonds. The summed E-state index contributed by atoms with van der Waals surface area (Å²) in [7, 11) is 0. The zero-order chi connectivity index (χ0) is 21.5. The molecule has 1 fully saturated rings. The highest BCUT2D eigenvalue weighted by Gasteiger charge is 2.43. The van der Waals surface area contributed by atoms with Gasteiger partial charge in [0.15, 0.2) is 0 Å². The fraction of sp³-hybridized carbons (Fsp3) is 0.455. The molecule has 0 radical (unpaired) electrons. The smallest absolute Gasteiger partial charge is 0.269 e. The van der Waals surface area contributed by atoms with E-state index in [1.54, 1.807) is 12.1 Å². The monoisotopic (exact) mass is 427 g/mol. The van der Waals surface area contributed by atoms with Crippen molar-refractivity contribution in [3.8, 4) is 0 Å². The quantitative estimate of drug-likeness (QED) is 0.546. The van der Waals surface area contributed by atoms with Gasteiger partial charge in [-0.05, 0) is 49.1 Å². The number of benzene rings is 1. The fourth-order valence-corrected chi connectivity index (χ4v) is 6.26. The van der Waals surface area contributed by atoms with E-state index in [1.165, 1.54) is 23.5 Å². The van der Waals surface area contributed by atoms with Gasteiger partial charge in [0.2, 0.25) is 5.91 Å². The summed E-state index contributed by atoms with van der Waals surface area (Å²) in [6.45, 7) is 2.19. The number of nitrogens with one attached hydrogen (secondary N) is 1. The summed E-state index contributed by atoms with van der Waals surface area (Å²) >= 11 is 1.46. The number of amides is 2. The standard InChI is InChI=1S/C22H25N3O4S/c1-13-4-9-16-17(12-13)30-20(18(16)19(23)26)24-21(27)22(10-2-3-11-22)14-5-7-15(8-6-14)25(28)29/h5-8,13H,2-4,9-12H2,1H3,(H2,23,26)(H,24,27)/t13-/m0/s1. The van der Waals surface area contributed by atoms with E-state index in [1.807, 2.05) is 0 Å². The number of carbonyl (C=O) groups excluding carboxylic acids is 2. The molecule has 1 atom stereocenters. The van der Waals surface area contributed by atoms with Gasteiger partial charge in [-0.1, -0.05) is 31.9 Å². The van der Waals surface area contributed by atoms with Crippen LogP contribution in [0.3, 0.4) is 0 Å². The maximum absolute atomic E-state index is 13.5. The topological polar surface area (TPSA) is 115 Å². The van der Waals surface area contributed by atoms with E-state index in [-0.39, 0.29) is 11.6 Å². The van der Waals surface area contributed by atoms with Crippen molar-refractivity contribution in [2.45, 2.75) is 57.3 Å². The van der Waals surface area contributed by atoms with Gasteiger partial charge in [-0.3, -0.25) is 19.7 Å². The van der Waals surface area contributed by atoms with E-state index >= 15 is 0 Å². The minimum Gasteiger partial charge on any atom is -0.365 e. The second-order valence-corrected chi connectivity index (χ2v) is 9.57. The van der Waals surface area contributed by atoms with Crippen LogP contribution in [0.5, 0.6) is 0 Å². The Kier molecular flexibility index (Phi) is 5.36. The first kappa shape index (κ1) is 20.5. The molecule has 0 unspecified atom stereocenters. The van der Waals surface area contributed by atoms with Crippen LogP contribution in [-0.4, -0.2) is 16.7 Å². The van der Waals surface area contributed by atoms with Gasteiger partial charge in [-0.15, -0.1) is 11.3 Å². The lowest BCUT2D eigenvalue weighted by molar-refractivity contribution is -0.384. The highest BCUT2D eigenvalue weighted by molar-refractivity contribution is 7.17. The minimum atomic E-state index is -0.748. The number of nitro benzene ring substituents is 1. The molecule has 2 aliphatic carbocycles. The van der Waals surface area contributed by atoms with E-state index in [9.17, 15) is 19.7 Å². The van der Waals surface area contributed by atoms with Crippen molar-refractivity contribution in [1.82, 2.24) is 0 Å². The molecule has 0 aliphatic heterocycles. The number of hydrogen-bond acceptors (Lipinski definition) is 5. The summed E-state index contributed by atoms with van der Waals surface area (Å²) in [5.41, 5.74) is 7.15.